The van der Waals surface area contributed by atoms with Crippen LogP contribution in [0.3, 0.4) is 0 Å². The molecule has 1 aromatic heterocycles. The Morgan fingerprint density at radius 1 is 1.50 bits per heavy atom. The predicted molar refractivity (Wildman–Crippen MR) is 57.8 cm³/mol. The van der Waals surface area contributed by atoms with Crippen molar-refractivity contribution in [3.8, 4) is 0 Å². The minimum absolute atomic E-state index is 0.372. The molecule has 0 atom stereocenters. The second-order valence-corrected chi connectivity index (χ2v) is 3.74. The van der Waals surface area contributed by atoms with Crippen molar-refractivity contribution in [1.29, 1.82) is 0 Å². The van der Waals surface area contributed by atoms with E-state index in [-0.39, 0.29) is 0 Å². The topological polar surface area (TPSA) is 45.2 Å². The number of nitrogens with zero attached hydrogens (tertiary/aromatic N) is 1. The summed E-state index contributed by atoms with van der Waals surface area (Å²) in [5.41, 5.74) is 2.05. The molecule has 0 spiro atoms. The zero-order valence-electron chi connectivity index (χ0n) is 7.25. The van der Waals surface area contributed by atoms with E-state index in [1.54, 1.807) is 6.08 Å². The van der Waals surface area contributed by atoms with Crippen molar-refractivity contribution >= 4 is 32.9 Å². The summed E-state index contributed by atoms with van der Waals surface area (Å²) in [4.78, 5) is 16.7. The molecule has 0 aliphatic rings. The van der Waals surface area contributed by atoms with Crippen molar-refractivity contribution in [2.75, 3.05) is 0 Å². The summed E-state index contributed by atoms with van der Waals surface area (Å²) in [7, 11) is 0. The predicted octanol–water partition coefficient (Wildman–Crippen LogP) is 2.77. The van der Waals surface area contributed by atoms with E-state index < -0.39 is 0 Å². The van der Waals surface area contributed by atoms with Gasteiger partial charge in [0, 0.05) is 21.6 Å². The normalized spacial score (nSPS) is 10.1. The lowest BCUT2D eigenvalue weighted by Gasteiger charge is -1.98. The number of halogens is 1. The van der Waals surface area contributed by atoms with Gasteiger partial charge in [-0.1, -0.05) is 12.1 Å². The van der Waals surface area contributed by atoms with Gasteiger partial charge in [-0.15, -0.1) is 0 Å². The number of hydrogen-bond acceptors (Lipinski definition) is 2. The van der Waals surface area contributed by atoms with Gasteiger partial charge < -0.3 is 4.98 Å². The Hall–Kier alpha value is -1.38. The van der Waals surface area contributed by atoms with Crippen LogP contribution < -0.4 is 0 Å². The molecule has 0 aliphatic carbocycles. The van der Waals surface area contributed by atoms with Crippen LogP contribution >= 0.6 is 15.9 Å². The third-order valence-electron chi connectivity index (χ3n) is 2.06. The smallest absolute Gasteiger partial charge is 0.235 e. The number of aromatic amines is 1. The molecule has 1 heterocycles. The zero-order chi connectivity index (χ0) is 9.97. The number of benzene rings is 1. The van der Waals surface area contributed by atoms with Crippen molar-refractivity contribution in [2.45, 2.75) is 6.54 Å². The third-order valence-corrected chi connectivity index (χ3v) is 2.68. The van der Waals surface area contributed by atoms with Crippen LogP contribution in [0, 0.1) is 0 Å². The zero-order valence-corrected chi connectivity index (χ0v) is 8.84. The minimum atomic E-state index is 0.372. The number of rotatable bonds is 2. The molecule has 3 nitrogen and oxygen atoms in total. The molecule has 0 aliphatic heterocycles. The summed E-state index contributed by atoms with van der Waals surface area (Å²) in [6, 6.07) is 5.86. The molecule has 1 aromatic carbocycles. The highest BCUT2D eigenvalue weighted by molar-refractivity contribution is 9.10. The molecule has 0 saturated carbocycles. The highest BCUT2D eigenvalue weighted by atomic mass is 79.9. The van der Waals surface area contributed by atoms with Gasteiger partial charge in [-0.05, 0) is 27.6 Å². The van der Waals surface area contributed by atoms with Gasteiger partial charge in [0.15, 0.2) is 0 Å². The first kappa shape index (κ1) is 9.19. The van der Waals surface area contributed by atoms with Crippen LogP contribution in [0.5, 0.6) is 0 Å². The maximum Gasteiger partial charge on any atom is 0.235 e. The lowest BCUT2D eigenvalue weighted by molar-refractivity contribution is 0.563. The van der Waals surface area contributed by atoms with E-state index in [0.717, 1.165) is 20.9 Å². The fraction of sp³-hybridized carbons (Fsp3) is 0.100. The summed E-state index contributed by atoms with van der Waals surface area (Å²) in [5, 5.41) is 1.08. The number of isocyanates is 1. The summed E-state index contributed by atoms with van der Waals surface area (Å²) >= 11 is 3.44. The van der Waals surface area contributed by atoms with Gasteiger partial charge in [0.1, 0.15) is 0 Å². The van der Waals surface area contributed by atoms with Crippen LogP contribution in [0.1, 0.15) is 5.56 Å². The molecule has 0 unspecified atom stereocenters. The molecule has 0 amide bonds. The highest BCUT2D eigenvalue weighted by Gasteiger charge is 2.05. The molecule has 70 valence electrons. The lowest BCUT2D eigenvalue weighted by atomic mass is 10.1. The minimum Gasteiger partial charge on any atom is -0.360 e. The van der Waals surface area contributed by atoms with Gasteiger partial charge >= 0.3 is 0 Å². The summed E-state index contributed by atoms with van der Waals surface area (Å²) < 4.78 is 0.990. The van der Waals surface area contributed by atoms with Gasteiger partial charge in [-0.25, -0.2) is 9.79 Å². The van der Waals surface area contributed by atoms with E-state index in [9.17, 15) is 4.79 Å². The average molecular weight is 251 g/mol. The Bertz CT molecular complexity index is 512. The molecule has 0 fully saturated rings. The van der Waals surface area contributed by atoms with Crippen LogP contribution in [-0.2, 0) is 11.3 Å². The van der Waals surface area contributed by atoms with Crippen molar-refractivity contribution in [1.82, 2.24) is 4.98 Å². The molecule has 0 bridgehead atoms. The van der Waals surface area contributed by atoms with Crippen molar-refractivity contribution in [3.05, 3.63) is 34.4 Å². The van der Waals surface area contributed by atoms with Crippen molar-refractivity contribution < 1.29 is 4.79 Å². The Labute approximate surface area is 89.0 Å². The largest absolute Gasteiger partial charge is 0.360 e. The van der Waals surface area contributed by atoms with Crippen molar-refractivity contribution in [3.63, 3.8) is 0 Å². The monoisotopic (exact) mass is 250 g/mol. The van der Waals surface area contributed by atoms with Crippen molar-refractivity contribution in [2.24, 2.45) is 4.99 Å². The van der Waals surface area contributed by atoms with Crippen LogP contribution in [0.2, 0.25) is 0 Å². The summed E-state index contributed by atoms with van der Waals surface area (Å²) in [6.45, 7) is 0.372. The molecular weight excluding hydrogens is 244 g/mol. The van der Waals surface area contributed by atoms with Gasteiger partial charge in [0.2, 0.25) is 6.08 Å². The van der Waals surface area contributed by atoms with E-state index in [4.69, 9.17) is 0 Å². The number of aromatic nitrogens is 1. The maximum absolute atomic E-state index is 10.0. The Morgan fingerprint density at radius 3 is 3.14 bits per heavy atom. The standard InChI is InChI=1S/C10H7BrN2O/c11-8-5-13-9-3-1-2-7(10(8)9)4-12-6-14/h1-3,5,13H,4H2. The van der Waals surface area contributed by atoms with E-state index in [2.05, 4.69) is 25.9 Å². The van der Waals surface area contributed by atoms with Crippen LogP contribution in [0.4, 0.5) is 0 Å². The van der Waals surface area contributed by atoms with E-state index in [1.807, 2.05) is 24.4 Å². The number of nitrogens with one attached hydrogen (secondary N) is 1. The molecule has 4 heteroatoms. The van der Waals surface area contributed by atoms with Crippen LogP contribution in [-0.4, -0.2) is 11.1 Å². The molecule has 2 aromatic rings. The number of aliphatic imine (C=N–C) groups is 1. The number of hydrogen-bond donors (Lipinski definition) is 1. The highest BCUT2D eigenvalue weighted by Crippen LogP contribution is 2.27. The van der Waals surface area contributed by atoms with Gasteiger partial charge in [0.05, 0.1) is 6.54 Å². The number of fused-ring (bicyclic) bond motifs is 1. The second kappa shape index (κ2) is 3.78. The van der Waals surface area contributed by atoms with Gasteiger partial charge in [-0.2, -0.15) is 0 Å². The van der Waals surface area contributed by atoms with Crippen LogP contribution in [0.25, 0.3) is 10.9 Å². The summed E-state index contributed by atoms with van der Waals surface area (Å²) in [6.07, 6.45) is 3.42. The summed E-state index contributed by atoms with van der Waals surface area (Å²) in [5.74, 6) is 0. The average Bonchev–Trinajstić information content (AvgIpc) is 2.58. The maximum atomic E-state index is 10.0. The lowest BCUT2D eigenvalue weighted by Crippen LogP contribution is -1.82. The number of H-pyrrole nitrogens is 1. The van der Waals surface area contributed by atoms with Gasteiger partial charge in [-0.3, -0.25) is 0 Å². The molecule has 0 radical (unpaired) electrons. The third kappa shape index (κ3) is 1.50. The Kier molecular flexibility index (Phi) is 2.48. The fourth-order valence-corrected chi connectivity index (χ4v) is 2.05. The Balaban J connectivity index is 2.62. The number of carbonyl (C=O) groups excluding carboxylic acids is 1. The Morgan fingerprint density at radius 2 is 2.36 bits per heavy atom. The fourth-order valence-electron chi connectivity index (χ4n) is 1.46. The molecule has 14 heavy (non-hydrogen) atoms. The first-order chi connectivity index (χ1) is 6.83. The first-order valence-corrected chi connectivity index (χ1v) is 4.90. The van der Waals surface area contributed by atoms with E-state index >= 15 is 0 Å². The SMILES string of the molecule is O=C=NCc1cccc2[nH]cc(Br)c12. The molecular formula is C10H7BrN2O. The van der Waals surface area contributed by atoms with E-state index in [0.29, 0.717) is 6.54 Å². The molecule has 1 N–H and O–H groups in total. The molecule has 2 rings (SSSR count). The van der Waals surface area contributed by atoms with Crippen LogP contribution in [0.15, 0.2) is 33.9 Å². The quantitative estimate of drug-likeness (QED) is 0.647. The second-order valence-electron chi connectivity index (χ2n) is 2.88. The first-order valence-electron chi connectivity index (χ1n) is 4.11. The van der Waals surface area contributed by atoms with E-state index in [1.165, 1.54) is 0 Å². The molecule has 0 saturated heterocycles. The van der Waals surface area contributed by atoms with Gasteiger partial charge in [0.25, 0.3) is 0 Å².